The van der Waals surface area contributed by atoms with E-state index in [1.807, 2.05) is 49.1 Å². The summed E-state index contributed by atoms with van der Waals surface area (Å²) in [5.41, 5.74) is 4.46. The number of nitrogens with one attached hydrogen (secondary N) is 1. The van der Waals surface area contributed by atoms with E-state index in [0.717, 1.165) is 35.5 Å². The SMILES string of the molecule is Cc1cccc(C)c1NC(=O)CN1CCN(C(=O)c2ccc(N3CCCC3=O)cc2)CC1. The summed E-state index contributed by atoms with van der Waals surface area (Å²) in [5.74, 6) is 0.0972. The number of anilines is 2. The number of hydrogen-bond donors (Lipinski definition) is 1. The van der Waals surface area contributed by atoms with Gasteiger partial charge < -0.3 is 15.1 Å². The van der Waals surface area contributed by atoms with Gasteiger partial charge in [-0.05, 0) is 55.7 Å². The molecule has 0 aromatic heterocycles. The van der Waals surface area contributed by atoms with Gasteiger partial charge in [-0.2, -0.15) is 0 Å². The highest BCUT2D eigenvalue weighted by atomic mass is 16.2. The lowest BCUT2D eigenvalue weighted by Crippen LogP contribution is -2.50. The second kappa shape index (κ2) is 9.53. The van der Waals surface area contributed by atoms with E-state index in [9.17, 15) is 14.4 Å². The Morgan fingerprint density at radius 2 is 1.56 bits per heavy atom. The van der Waals surface area contributed by atoms with Crippen LogP contribution in [0.15, 0.2) is 42.5 Å². The zero-order valence-corrected chi connectivity index (χ0v) is 18.8. The van der Waals surface area contributed by atoms with Crippen molar-refractivity contribution < 1.29 is 14.4 Å². The number of benzene rings is 2. The van der Waals surface area contributed by atoms with Crippen LogP contribution >= 0.6 is 0 Å². The topological polar surface area (TPSA) is 73.0 Å². The van der Waals surface area contributed by atoms with Gasteiger partial charge in [0.15, 0.2) is 0 Å². The number of amides is 3. The maximum atomic E-state index is 12.9. The van der Waals surface area contributed by atoms with Crippen molar-refractivity contribution in [2.75, 3.05) is 49.5 Å². The number of carbonyl (C=O) groups excluding carboxylic acids is 3. The van der Waals surface area contributed by atoms with Gasteiger partial charge in [-0.25, -0.2) is 0 Å². The Morgan fingerprint density at radius 1 is 0.906 bits per heavy atom. The van der Waals surface area contributed by atoms with Gasteiger partial charge in [0, 0.05) is 56.1 Å². The van der Waals surface area contributed by atoms with E-state index < -0.39 is 0 Å². The molecule has 168 valence electrons. The predicted molar refractivity (Wildman–Crippen MR) is 125 cm³/mol. The molecule has 0 spiro atoms. The molecule has 2 aliphatic heterocycles. The Bertz CT molecular complexity index is 990. The van der Waals surface area contributed by atoms with E-state index in [2.05, 4.69) is 10.2 Å². The molecule has 0 radical (unpaired) electrons. The molecule has 2 saturated heterocycles. The highest BCUT2D eigenvalue weighted by Crippen LogP contribution is 2.22. The monoisotopic (exact) mass is 434 g/mol. The first-order valence-corrected chi connectivity index (χ1v) is 11.2. The predicted octanol–water partition coefficient (Wildman–Crippen LogP) is 2.83. The fourth-order valence-electron chi connectivity index (χ4n) is 4.39. The molecule has 7 nitrogen and oxygen atoms in total. The summed E-state index contributed by atoms with van der Waals surface area (Å²) in [5, 5.41) is 3.03. The largest absolute Gasteiger partial charge is 0.336 e. The van der Waals surface area contributed by atoms with Gasteiger partial charge >= 0.3 is 0 Å². The fourth-order valence-corrected chi connectivity index (χ4v) is 4.39. The molecule has 2 aliphatic rings. The summed E-state index contributed by atoms with van der Waals surface area (Å²) in [4.78, 5) is 43.0. The fraction of sp³-hybridized carbons (Fsp3) is 0.400. The molecule has 4 rings (SSSR count). The van der Waals surface area contributed by atoms with Gasteiger partial charge in [-0.1, -0.05) is 18.2 Å². The van der Waals surface area contributed by atoms with Crippen LogP contribution in [0.5, 0.6) is 0 Å². The van der Waals surface area contributed by atoms with Crippen molar-refractivity contribution in [1.29, 1.82) is 0 Å². The summed E-state index contributed by atoms with van der Waals surface area (Å²) in [6, 6.07) is 13.3. The van der Waals surface area contributed by atoms with Crippen LogP contribution in [0.1, 0.15) is 34.3 Å². The highest BCUT2D eigenvalue weighted by Gasteiger charge is 2.25. The highest BCUT2D eigenvalue weighted by molar-refractivity contribution is 5.97. The lowest BCUT2D eigenvalue weighted by Gasteiger charge is -2.34. The van der Waals surface area contributed by atoms with Crippen LogP contribution in [0.2, 0.25) is 0 Å². The summed E-state index contributed by atoms with van der Waals surface area (Å²) < 4.78 is 0. The molecule has 32 heavy (non-hydrogen) atoms. The Balaban J connectivity index is 1.28. The minimum atomic E-state index is -0.0331. The quantitative estimate of drug-likeness (QED) is 0.786. The zero-order valence-electron chi connectivity index (χ0n) is 18.8. The Hall–Kier alpha value is -3.19. The van der Waals surface area contributed by atoms with Crippen molar-refractivity contribution in [3.05, 3.63) is 59.2 Å². The maximum Gasteiger partial charge on any atom is 0.253 e. The lowest BCUT2D eigenvalue weighted by atomic mass is 10.1. The van der Waals surface area contributed by atoms with Gasteiger partial charge in [-0.15, -0.1) is 0 Å². The molecule has 0 saturated carbocycles. The van der Waals surface area contributed by atoms with E-state index in [4.69, 9.17) is 0 Å². The second-order valence-electron chi connectivity index (χ2n) is 8.58. The minimum Gasteiger partial charge on any atom is -0.336 e. The minimum absolute atomic E-state index is 0.0102. The number of para-hydroxylation sites is 1. The lowest BCUT2D eigenvalue weighted by molar-refractivity contribution is -0.118. The summed E-state index contributed by atoms with van der Waals surface area (Å²) >= 11 is 0. The van der Waals surface area contributed by atoms with Crippen molar-refractivity contribution >= 4 is 29.1 Å². The van der Waals surface area contributed by atoms with Gasteiger partial charge in [0.1, 0.15) is 0 Å². The Morgan fingerprint density at radius 3 is 2.16 bits per heavy atom. The molecule has 0 atom stereocenters. The van der Waals surface area contributed by atoms with Crippen LogP contribution in [0, 0.1) is 13.8 Å². The average Bonchev–Trinajstić information content (AvgIpc) is 3.22. The first-order chi connectivity index (χ1) is 15.4. The van der Waals surface area contributed by atoms with Crippen LogP contribution in [0.4, 0.5) is 11.4 Å². The molecular formula is C25H30N4O3. The maximum absolute atomic E-state index is 12.9. The van der Waals surface area contributed by atoms with Gasteiger partial charge in [0.25, 0.3) is 5.91 Å². The van der Waals surface area contributed by atoms with Crippen molar-refractivity contribution in [1.82, 2.24) is 9.80 Å². The van der Waals surface area contributed by atoms with Crippen molar-refractivity contribution in [3.8, 4) is 0 Å². The van der Waals surface area contributed by atoms with Gasteiger partial charge in [-0.3, -0.25) is 19.3 Å². The molecule has 2 fully saturated rings. The van der Waals surface area contributed by atoms with E-state index in [-0.39, 0.29) is 17.7 Å². The van der Waals surface area contributed by atoms with Crippen LogP contribution in [-0.4, -0.2) is 66.8 Å². The first-order valence-electron chi connectivity index (χ1n) is 11.2. The normalized spacial score (nSPS) is 17.0. The van der Waals surface area contributed by atoms with E-state index >= 15 is 0 Å². The average molecular weight is 435 g/mol. The molecule has 1 N–H and O–H groups in total. The van der Waals surface area contributed by atoms with Crippen LogP contribution < -0.4 is 10.2 Å². The molecule has 3 amide bonds. The van der Waals surface area contributed by atoms with E-state index in [1.165, 1.54) is 0 Å². The number of hydrogen-bond acceptors (Lipinski definition) is 4. The summed E-state index contributed by atoms with van der Waals surface area (Å²) in [7, 11) is 0. The standard InChI is InChI=1S/C25H30N4O3/c1-18-5-3-6-19(2)24(18)26-22(30)17-27-13-15-28(16-14-27)25(32)20-8-10-21(11-9-20)29-12-4-7-23(29)31/h3,5-6,8-11H,4,7,12-17H2,1-2H3,(H,26,30). The smallest absolute Gasteiger partial charge is 0.253 e. The molecule has 0 aliphatic carbocycles. The number of piperazine rings is 1. The number of aryl methyl sites for hydroxylation is 2. The molecule has 2 heterocycles. The van der Waals surface area contributed by atoms with Crippen LogP contribution in [0.3, 0.4) is 0 Å². The summed E-state index contributed by atoms with van der Waals surface area (Å²) in [6.45, 7) is 7.52. The number of rotatable bonds is 5. The third-order valence-corrected chi connectivity index (χ3v) is 6.27. The van der Waals surface area contributed by atoms with Crippen LogP contribution in [0.25, 0.3) is 0 Å². The zero-order chi connectivity index (χ0) is 22.7. The molecule has 0 unspecified atom stereocenters. The third-order valence-electron chi connectivity index (χ3n) is 6.27. The van der Waals surface area contributed by atoms with Crippen molar-refractivity contribution in [3.63, 3.8) is 0 Å². The Labute approximate surface area is 189 Å². The van der Waals surface area contributed by atoms with Crippen LogP contribution in [-0.2, 0) is 9.59 Å². The third kappa shape index (κ3) is 4.83. The number of nitrogens with zero attached hydrogens (tertiary/aromatic N) is 3. The van der Waals surface area contributed by atoms with E-state index in [1.54, 1.807) is 17.0 Å². The second-order valence-corrected chi connectivity index (χ2v) is 8.58. The van der Waals surface area contributed by atoms with Gasteiger partial charge in [0.05, 0.1) is 6.54 Å². The summed E-state index contributed by atoms with van der Waals surface area (Å²) in [6.07, 6.45) is 1.47. The van der Waals surface area contributed by atoms with Crippen molar-refractivity contribution in [2.24, 2.45) is 0 Å². The molecule has 2 aromatic carbocycles. The van der Waals surface area contributed by atoms with E-state index in [0.29, 0.717) is 44.7 Å². The Kier molecular flexibility index (Phi) is 6.55. The first kappa shape index (κ1) is 22.0. The number of carbonyl (C=O) groups is 3. The molecule has 7 heteroatoms. The molecule has 2 aromatic rings. The molecule has 0 bridgehead atoms. The van der Waals surface area contributed by atoms with Gasteiger partial charge in [0.2, 0.25) is 11.8 Å². The molecular weight excluding hydrogens is 404 g/mol. The van der Waals surface area contributed by atoms with Crippen molar-refractivity contribution in [2.45, 2.75) is 26.7 Å².